The Hall–Kier alpha value is -0.660. The van der Waals surface area contributed by atoms with Gasteiger partial charge in [-0.05, 0) is 26.9 Å². The Morgan fingerprint density at radius 1 is 1.47 bits per heavy atom. The number of likely N-dealkylation sites (tertiary alicyclic amines) is 1. The summed E-state index contributed by atoms with van der Waals surface area (Å²) in [5, 5.41) is 10.4. The highest BCUT2D eigenvalue weighted by Crippen LogP contribution is 2.27. The highest BCUT2D eigenvalue weighted by atomic mass is 32.2. The van der Waals surface area contributed by atoms with E-state index >= 15 is 0 Å². The minimum absolute atomic E-state index is 0.0333. The first kappa shape index (κ1) is 14.7. The number of carbonyl (C=O) groups is 1. The predicted molar refractivity (Wildman–Crippen MR) is 71.5 cm³/mol. The molecular weight excluding hydrogens is 268 g/mol. The maximum atomic E-state index is 12.2. The Bertz CT molecular complexity index is 462. The molecule has 0 aliphatic carbocycles. The molecule has 0 radical (unpaired) electrons. The van der Waals surface area contributed by atoms with Gasteiger partial charge in [0, 0.05) is 13.1 Å². The molecule has 0 aromatic heterocycles. The van der Waals surface area contributed by atoms with Gasteiger partial charge in [-0.15, -0.1) is 0 Å². The minimum Gasteiger partial charge on any atom is -0.387 e. The van der Waals surface area contributed by atoms with Gasteiger partial charge in [-0.1, -0.05) is 0 Å². The van der Waals surface area contributed by atoms with Gasteiger partial charge in [-0.25, -0.2) is 8.42 Å². The molecule has 0 aromatic rings. The molecule has 0 unspecified atom stereocenters. The van der Waals surface area contributed by atoms with E-state index in [9.17, 15) is 18.3 Å². The third-order valence-corrected chi connectivity index (χ3v) is 5.60. The fourth-order valence-corrected chi connectivity index (χ4v) is 4.74. The number of β-amino-alcohol motifs (C(OH)–C–C–N with tert-alkyl or cyclic N) is 1. The number of sulfone groups is 1. The van der Waals surface area contributed by atoms with Crippen LogP contribution in [0.15, 0.2) is 0 Å². The van der Waals surface area contributed by atoms with Crippen LogP contribution in [-0.2, 0) is 14.6 Å². The summed E-state index contributed by atoms with van der Waals surface area (Å²) in [6.07, 6.45) is 0.972. The Balaban J connectivity index is 1.96. The molecule has 2 aliphatic heterocycles. The fraction of sp³-hybridized carbons (Fsp3) is 0.917. The lowest BCUT2D eigenvalue weighted by Crippen LogP contribution is -2.44. The van der Waals surface area contributed by atoms with Crippen LogP contribution < -0.4 is 0 Å². The summed E-state index contributed by atoms with van der Waals surface area (Å²) in [4.78, 5) is 15.8. The van der Waals surface area contributed by atoms with Crippen molar-refractivity contribution < 1.29 is 18.3 Å². The molecule has 0 spiro atoms. The van der Waals surface area contributed by atoms with Crippen LogP contribution in [0, 0.1) is 5.92 Å². The van der Waals surface area contributed by atoms with Crippen LogP contribution in [-0.4, -0.2) is 80.1 Å². The lowest BCUT2D eigenvalue weighted by atomic mass is 10.0. The van der Waals surface area contributed by atoms with Crippen LogP contribution in [0.25, 0.3) is 0 Å². The number of hydrogen-bond donors (Lipinski definition) is 1. The molecule has 0 bridgehead atoms. The van der Waals surface area contributed by atoms with Crippen molar-refractivity contribution in [3.8, 4) is 0 Å². The summed E-state index contributed by atoms with van der Waals surface area (Å²) >= 11 is 0. The van der Waals surface area contributed by atoms with Crippen molar-refractivity contribution in [3.05, 3.63) is 0 Å². The number of carbonyl (C=O) groups excluding carboxylic acids is 1. The summed E-state index contributed by atoms with van der Waals surface area (Å²) in [6.45, 7) is 1.33. The van der Waals surface area contributed by atoms with Crippen molar-refractivity contribution in [3.63, 3.8) is 0 Å². The molecule has 2 heterocycles. The van der Waals surface area contributed by atoms with Gasteiger partial charge in [0.1, 0.15) is 0 Å². The van der Waals surface area contributed by atoms with E-state index in [0.29, 0.717) is 32.5 Å². The average molecular weight is 290 g/mol. The lowest BCUT2D eigenvalue weighted by Gasteiger charge is -2.27. The van der Waals surface area contributed by atoms with Crippen molar-refractivity contribution in [2.24, 2.45) is 5.92 Å². The summed E-state index contributed by atoms with van der Waals surface area (Å²) < 4.78 is 22.8. The molecule has 6 nitrogen and oxygen atoms in total. The van der Waals surface area contributed by atoms with Gasteiger partial charge in [0.15, 0.2) is 9.84 Å². The minimum atomic E-state index is -3.04. The fourth-order valence-electron chi connectivity index (χ4n) is 3.01. The van der Waals surface area contributed by atoms with Gasteiger partial charge in [-0.3, -0.25) is 4.79 Å². The Morgan fingerprint density at radius 2 is 2.16 bits per heavy atom. The highest BCUT2D eigenvalue weighted by Gasteiger charge is 2.42. The van der Waals surface area contributed by atoms with Gasteiger partial charge in [0.05, 0.1) is 29.6 Å². The number of aliphatic hydroxyl groups is 1. The van der Waals surface area contributed by atoms with Crippen LogP contribution in [0.3, 0.4) is 0 Å². The van der Waals surface area contributed by atoms with Crippen LogP contribution >= 0.6 is 0 Å². The lowest BCUT2D eigenvalue weighted by molar-refractivity contribution is -0.134. The van der Waals surface area contributed by atoms with Crippen LogP contribution in [0.2, 0.25) is 0 Å². The monoisotopic (exact) mass is 290 g/mol. The molecule has 2 rings (SSSR count). The van der Waals surface area contributed by atoms with Gasteiger partial charge in [0.2, 0.25) is 5.91 Å². The van der Waals surface area contributed by atoms with Crippen molar-refractivity contribution >= 4 is 15.7 Å². The van der Waals surface area contributed by atoms with Gasteiger partial charge >= 0.3 is 0 Å². The molecule has 1 amide bonds. The molecule has 2 aliphatic rings. The number of hydrogen-bond acceptors (Lipinski definition) is 5. The van der Waals surface area contributed by atoms with E-state index in [-0.39, 0.29) is 17.4 Å². The number of amides is 1. The first-order valence-electron chi connectivity index (χ1n) is 6.57. The SMILES string of the molecule is CN(C)C[C@]1(O)CCN(C(=O)[C@H]2CCS(=O)(=O)C2)C1. The molecule has 0 aromatic carbocycles. The predicted octanol–water partition coefficient (Wildman–Crippen LogP) is -1.05. The molecule has 7 heteroatoms. The standard InChI is InChI=1S/C12H22N2O4S/c1-13(2)8-12(16)4-5-14(9-12)11(15)10-3-6-19(17,18)7-10/h10,16H,3-9H2,1-2H3/t10-,12+/m0/s1. The quantitative estimate of drug-likeness (QED) is 0.717. The Kier molecular flexibility index (Phi) is 3.90. The summed E-state index contributed by atoms with van der Waals surface area (Å²) in [5.41, 5.74) is -0.864. The average Bonchev–Trinajstić information content (AvgIpc) is 2.80. The van der Waals surface area contributed by atoms with Crippen LogP contribution in [0.5, 0.6) is 0 Å². The van der Waals surface area contributed by atoms with E-state index in [2.05, 4.69) is 0 Å². The molecular formula is C12H22N2O4S. The summed E-state index contributed by atoms with van der Waals surface area (Å²) in [6, 6.07) is 0. The topological polar surface area (TPSA) is 77.9 Å². The third kappa shape index (κ3) is 3.46. The smallest absolute Gasteiger partial charge is 0.226 e. The van der Waals surface area contributed by atoms with Crippen molar-refractivity contribution in [1.82, 2.24) is 9.80 Å². The van der Waals surface area contributed by atoms with Crippen LogP contribution in [0.4, 0.5) is 0 Å². The van der Waals surface area contributed by atoms with E-state index in [1.54, 1.807) is 4.90 Å². The molecule has 19 heavy (non-hydrogen) atoms. The highest BCUT2D eigenvalue weighted by molar-refractivity contribution is 7.91. The second-order valence-corrected chi connectivity index (χ2v) is 8.30. The van der Waals surface area contributed by atoms with Gasteiger partial charge < -0.3 is 14.9 Å². The Morgan fingerprint density at radius 3 is 2.68 bits per heavy atom. The summed E-state index contributed by atoms with van der Waals surface area (Å²) in [5.74, 6) is -0.448. The van der Waals surface area contributed by atoms with E-state index in [4.69, 9.17) is 0 Å². The zero-order chi connectivity index (χ0) is 14.3. The molecule has 110 valence electrons. The zero-order valence-corrected chi connectivity index (χ0v) is 12.3. The van der Waals surface area contributed by atoms with E-state index < -0.39 is 21.4 Å². The number of likely N-dealkylation sites (N-methyl/N-ethyl adjacent to an activating group) is 1. The second-order valence-electron chi connectivity index (χ2n) is 6.07. The maximum Gasteiger partial charge on any atom is 0.226 e. The Labute approximate surface area is 114 Å². The molecule has 2 fully saturated rings. The summed E-state index contributed by atoms with van der Waals surface area (Å²) in [7, 11) is 0.726. The largest absolute Gasteiger partial charge is 0.387 e. The first-order chi connectivity index (χ1) is 8.71. The number of nitrogens with zero attached hydrogens (tertiary/aromatic N) is 2. The van der Waals surface area contributed by atoms with Gasteiger partial charge in [0.25, 0.3) is 0 Å². The van der Waals surface area contributed by atoms with Crippen molar-refractivity contribution in [2.75, 3.05) is 45.2 Å². The third-order valence-electron chi connectivity index (χ3n) is 3.84. The van der Waals surface area contributed by atoms with E-state index in [1.807, 2.05) is 19.0 Å². The van der Waals surface area contributed by atoms with Crippen molar-refractivity contribution in [2.45, 2.75) is 18.4 Å². The van der Waals surface area contributed by atoms with Crippen molar-refractivity contribution in [1.29, 1.82) is 0 Å². The maximum absolute atomic E-state index is 12.2. The zero-order valence-electron chi connectivity index (χ0n) is 11.5. The number of rotatable bonds is 3. The molecule has 2 saturated heterocycles. The van der Waals surface area contributed by atoms with Crippen LogP contribution in [0.1, 0.15) is 12.8 Å². The first-order valence-corrected chi connectivity index (χ1v) is 8.39. The van der Waals surface area contributed by atoms with E-state index in [0.717, 1.165) is 0 Å². The van der Waals surface area contributed by atoms with E-state index in [1.165, 1.54) is 0 Å². The normalized spacial score (nSPS) is 34.1. The molecule has 0 saturated carbocycles. The van der Waals surface area contributed by atoms with Gasteiger partial charge in [-0.2, -0.15) is 0 Å². The molecule has 1 N–H and O–H groups in total. The molecule has 2 atom stereocenters. The second kappa shape index (κ2) is 5.03.